The van der Waals surface area contributed by atoms with Crippen LogP contribution in [0.25, 0.3) is 11.0 Å². The van der Waals surface area contributed by atoms with Crippen LogP contribution in [0.15, 0.2) is 42.5 Å². The Morgan fingerprint density at radius 1 is 1.15 bits per heavy atom. The van der Waals surface area contributed by atoms with Gasteiger partial charge in [0.25, 0.3) is 0 Å². The average Bonchev–Trinajstić information content (AvgIpc) is 3.25. The van der Waals surface area contributed by atoms with E-state index in [1.807, 2.05) is 6.07 Å². The van der Waals surface area contributed by atoms with Crippen molar-refractivity contribution in [2.45, 2.75) is 44.8 Å². The van der Waals surface area contributed by atoms with Crippen LogP contribution in [0, 0.1) is 6.92 Å². The molecule has 2 aliphatic rings. The first kappa shape index (κ1) is 16.0. The molecule has 0 aliphatic carbocycles. The van der Waals surface area contributed by atoms with Gasteiger partial charge in [-0.3, -0.25) is 9.88 Å². The van der Waals surface area contributed by atoms with Crippen LogP contribution in [-0.4, -0.2) is 27.5 Å². The molecule has 4 heteroatoms. The zero-order chi connectivity index (χ0) is 17.7. The number of aromatic nitrogens is 2. The maximum atomic E-state index is 6.60. The molecule has 0 amide bonds. The van der Waals surface area contributed by atoms with Gasteiger partial charge in [-0.05, 0) is 44.0 Å². The van der Waals surface area contributed by atoms with E-state index in [9.17, 15) is 0 Å². The number of hydrogen-bond acceptors (Lipinski definition) is 3. The molecule has 4 heterocycles. The highest BCUT2D eigenvalue weighted by Gasteiger charge is 2.36. The Hall–Kier alpha value is -2.17. The SMILES string of the molecule is Cc1ccc2c(n1)c1c(n2CC(N)c2ccccc2)CCN2CCCC12. The lowest BCUT2D eigenvalue weighted by Crippen LogP contribution is -2.32. The van der Waals surface area contributed by atoms with Gasteiger partial charge in [-0.1, -0.05) is 30.3 Å². The zero-order valence-corrected chi connectivity index (χ0v) is 15.4. The molecule has 2 unspecified atom stereocenters. The predicted octanol–water partition coefficient (Wildman–Crippen LogP) is 3.74. The topological polar surface area (TPSA) is 47.1 Å². The summed E-state index contributed by atoms with van der Waals surface area (Å²) < 4.78 is 2.46. The van der Waals surface area contributed by atoms with Crippen molar-refractivity contribution in [3.63, 3.8) is 0 Å². The lowest BCUT2D eigenvalue weighted by molar-refractivity contribution is 0.241. The van der Waals surface area contributed by atoms with E-state index in [0.717, 1.165) is 25.2 Å². The molecule has 2 N–H and O–H groups in total. The minimum Gasteiger partial charge on any atom is -0.341 e. The smallest absolute Gasteiger partial charge is 0.0934 e. The summed E-state index contributed by atoms with van der Waals surface area (Å²) in [4.78, 5) is 7.61. The van der Waals surface area contributed by atoms with Gasteiger partial charge in [-0.25, -0.2) is 0 Å². The molecule has 1 fully saturated rings. The summed E-state index contributed by atoms with van der Waals surface area (Å²) in [5, 5.41) is 0. The maximum absolute atomic E-state index is 6.60. The van der Waals surface area contributed by atoms with Gasteiger partial charge in [-0.15, -0.1) is 0 Å². The molecule has 4 nitrogen and oxygen atoms in total. The van der Waals surface area contributed by atoms with E-state index in [1.54, 1.807) is 0 Å². The molecule has 134 valence electrons. The molecule has 0 spiro atoms. The minimum atomic E-state index is -0.00110. The molecule has 26 heavy (non-hydrogen) atoms. The largest absolute Gasteiger partial charge is 0.341 e. The van der Waals surface area contributed by atoms with E-state index in [4.69, 9.17) is 10.7 Å². The number of aryl methyl sites for hydroxylation is 1. The fourth-order valence-corrected chi connectivity index (χ4v) is 4.89. The van der Waals surface area contributed by atoms with Gasteiger partial charge >= 0.3 is 0 Å². The zero-order valence-electron chi connectivity index (χ0n) is 15.4. The Balaban J connectivity index is 1.64. The van der Waals surface area contributed by atoms with Gasteiger partial charge in [0.2, 0.25) is 0 Å². The van der Waals surface area contributed by atoms with Crippen molar-refractivity contribution in [2.24, 2.45) is 5.73 Å². The van der Waals surface area contributed by atoms with E-state index in [0.29, 0.717) is 6.04 Å². The van der Waals surface area contributed by atoms with Crippen molar-refractivity contribution in [1.29, 1.82) is 0 Å². The minimum absolute atomic E-state index is 0.00110. The Labute approximate surface area is 154 Å². The second-order valence-corrected chi connectivity index (χ2v) is 7.75. The van der Waals surface area contributed by atoms with Gasteiger partial charge in [-0.2, -0.15) is 0 Å². The van der Waals surface area contributed by atoms with Crippen LogP contribution < -0.4 is 5.73 Å². The van der Waals surface area contributed by atoms with Crippen LogP contribution in [0.3, 0.4) is 0 Å². The van der Waals surface area contributed by atoms with Gasteiger partial charge in [0.15, 0.2) is 0 Å². The van der Waals surface area contributed by atoms with Crippen LogP contribution in [0.4, 0.5) is 0 Å². The number of pyridine rings is 1. The van der Waals surface area contributed by atoms with E-state index < -0.39 is 0 Å². The first-order valence-corrected chi connectivity index (χ1v) is 9.75. The number of nitrogens with zero attached hydrogens (tertiary/aromatic N) is 3. The molecule has 5 rings (SSSR count). The van der Waals surface area contributed by atoms with Crippen LogP contribution in [-0.2, 0) is 13.0 Å². The summed E-state index contributed by atoms with van der Waals surface area (Å²) in [6, 6.07) is 15.4. The summed E-state index contributed by atoms with van der Waals surface area (Å²) in [6.45, 7) is 5.29. The van der Waals surface area contributed by atoms with Crippen molar-refractivity contribution < 1.29 is 0 Å². The molecule has 0 saturated carbocycles. The summed E-state index contributed by atoms with van der Waals surface area (Å²) in [5.41, 5.74) is 14.3. The fraction of sp³-hybridized carbons (Fsp3) is 0.409. The second kappa shape index (κ2) is 6.22. The van der Waals surface area contributed by atoms with Gasteiger partial charge in [0.1, 0.15) is 0 Å². The van der Waals surface area contributed by atoms with Crippen LogP contribution in [0.5, 0.6) is 0 Å². The third kappa shape index (κ3) is 2.48. The molecule has 0 bridgehead atoms. The third-order valence-electron chi connectivity index (χ3n) is 6.14. The quantitative estimate of drug-likeness (QED) is 0.786. The lowest BCUT2D eigenvalue weighted by atomic mass is 9.98. The van der Waals surface area contributed by atoms with Gasteiger partial charge in [0.05, 0.1) is 11.0 Å². The highest BCUT2D eigenvalue weighted by atomic mass is 15.2. The van der Waals surface area contributed by atoms with E-state index in [1.165, 1.54) is 47.2 Å². The van der Waals surface area contributed by atoms with Crippen LogP contribution in [0.1, 0.15) is 47.4 Å². The summed E-state index contributed by atoms with van der Waals surface area (Å²) in [7, 11) is 0. The Morgan fingerprint density at radius 2 is 2.00 bits per heavy atom. The fourth-order valence-electron chi connectivity index (χ4n) is 4.89. The van der Waals surface area contributed by atoms with Gasteiger partial charge in [0, 0.05) is 48.5 Å². The molecule has 2 aromatic heterocycles. The molecule has 2 aliphatic heterocycles. The maximum Gasteiger partial charge on any atom is 0.0934 e. The molecule has 0 radical (unpaired) electrons. The number of fused-ring (bicyclic) bond motifs is 5. The molecule has 1 aromatic carbocycles. The van der Waals surface area contributed by atoms with E-state index in [-0.39, 0.29) is 6.04 Å². The highest BCUT2D eigenvalue weighted by molar-refractivity contribution is 5.83. The number of rotatable bonds is 3. The van der Waals surface area contributed by atoms with Crippen molar-refractivity contribution in [3.05, 3.63) is 65.0 Å². The van der Waals surface area contributed by atoms with Crippen molar-refractivity contribution >= 4 is 11.0 Å². The Kier molecular flexibility index (Phi) is 3.84. The molecular formula is C22H26N4. The van der Waals surface area contributed by atoms with Crippen molar-refractivity contribution in [1.82, 2.24) is 14.5 Å². The van der Waals surface area contributed by atoms with Crippen molar-refractivity contribution in [2.75, 3.05) is 13.1 Å². The first-order chi connectivity index (χ1) is 12.7. The number of hydrogen-bond donors (Lipinski definition) is 1. The van der Waals surface area contributed by atoms with Crippen LogP contribution in [0.2, 0.25) is 0 Å². The van der Waals surface area contributed by atoms with Crippen LogP contribution >= 0.6 is 0 Å². The second-order valence-electron chi connectivity index (χ2n) is 7.75. The number of benzene rings is 1. The Bertz CT molecular complexity index is 944. The average molecular weight is 346 g/mol. The summed E-state index contributed by atoms with van der Waals surface area (Å²) >= 11 is 0. The van der Waals surface area contributed by atoms with Crippen molar-refractivity contribution in [3.8, 4) is 0 Å². The third-order valence-corrected chi connectivity index (χ3v) is 6.14. The molecular weight excluding hydrogens is 320 g/mol. The normalized spacial score (nSPS) is 20.9. The number of nitrogens with two attached hydrogens (primary N) is 1. The van der Waals surface area contributed by atoms with E-state index in [2.05, 4.69) is 52.8 Å². The lowest BCUT2D eigenvalue weighted by Gasteiger charge is -2.31. The monoisotopic (exact) mass is 346 g/mol. The predicted molar refractivity (Wildman–Crippen MR) is 105 cm³/mol. The highest BCUT2D eigenvalue weighted by Crippen LogP contribution is 2.42. The van der Waals surface area contributed by atoms with Gasteiger partial charge < -0.3 is 10.3 Å². The van der Waals surface area contributed by atoms with E-state index >= 15 is 0 Å². The molecule has 3 aromatic rings. The molecule has 1 saturated heterocycles. The first-order valence-electron chi connectivity index (χ1n) is 9.75. The molecule has 2 atom stereocenters. The standard InChI is InChI=1S/C22H26N4/c1-15-9-10-20-22(24-15)21-18-8-5-12-25(18)13-11-19(21)26(20)14-17(23)16-6-3-2-4-7-16/h2-4,6-7,9-10,17-18H,5,8,11-14,23H2,1H3. The Morgan fingerprint density at radius 3 is 2.85 bits per heavy atom. The summed E-state index contributed by atoms with van der Waals surface area (Å²) in [6.07, 6.45) is 3.65. The summed E-state index contributed by atoms with van der Waals surface area (Å²) in [5.74, 6) is 0.